The first kappa shape index (κ1) is 23.8. The Hall–Kier alpha value is -5.26. The first-order chi connectivity index (χ1) is 19.8. The summed E-state index contributed by atoms with van der Waals surface area (Å²) in [4.78, 5) is 2.37. The molecule has 0 radical (unpaired) electrons. The third kappa shape index (κ3) is 4.59. The maximum atomic E-state index is 3.67. The zero-order valence-corrected chi connectivity index (χ0v) is 22.0. The first-order valence-corrected chi connectivity index (χ1v) is 13.7. The molecule has 2 nitrogen and oxygen atoms in total. The Morgan fingerprint density at radius 1 is 0.575 bits per heavy atom. The quantitative estimate of drug-likeness (QED) is 0.236. The van der Waals surface area contributed by atoms with Crippen LogP contribution >= 0.6 is 0 Å². The predicted octanol–water partition coefficient (Wildman–Crippen LogP) is 9.50. The van der Waals surface area contributed by atoms with Crippen molar-refractivity contribution in [3.05, 3.63) is 157 Å². The summed E-state index contributed by atoms with van der Waals surface area (Å²) in [5, 5.41) is 3.67. The number of nitrogens with one attached hydrogen (secondary N) is 1. The molecule has 2 bridgehead atoms. The van der Waals surface area contributed by atoms with E-state index in [1.807, 2.05) is 0 Å². The highest BCUT2D eigenvalue weighted by Gasteiger charge is 2.25. The molecule has 5 aromatic rings. The van der Waals surface area contributed by atoms with Gasteiger partial charge < -0.3 is 10.2 Å². The summed E-state index contributed by atoms with van der Waals surface area (Å²) < 4.78 is 0. The Labute approximate surface area is 235 Å². The van der Waals surface area contributed by atoms with Crippen molar-refractivity contribution < 1.29 is 0 Å². The number of fused-ring (bicyclic) bond motifs is 4. The number of benzene rings is 5. The summed E-state index contributed by atoms with van der Waals surface area (Å²) in [6.45, 7) is 0. The number of rotatable bonds is 5. The maximum Gasteiger partial charge on any atom is 0.114 e. The second kappa shape index (κ2) is 10.5. The minimum Gasteiger partial charge on any atom is -0.355 e. The van der Waals surface area contributed by atoms with Gasteiger partial charge in [-0.15, -0.1) is 0 Å². The van der Waals surface area contributed by atoms with Crippen LogP contribution in [0.4, 0.5) is 22.7 Å². The van der Waals surface area contributed by atoms with Gasteiger partial charge in [0.15, 0.2) is 0 Å². The van der Waals surface area contributed by atoms with Crippen molar-refractivity contribution in [2.24, 2.45) is 0 Å². The lowest BCUT2D eigenvalue weighted by Crippen LogP contribution is -2.28. The van der Waals surface area contributed by atoms with Crippen molar-refractivity contribution in [2.75, 3.05) is 10.2 Å². The molecule has 0 amide bonds. The van der Waals surface area contributed by atoms with Crippen LogP contribution < -0.4 is 10.2 Å². The standard InChI is InChI=1S/C38H28N2/c1-2-12-28(13-3-1)35-20-6-8-22-37(35)39-32-17-10-15-30(26-32)31-16-11-19-34(27-31)40-33-18-5-4-14-29(24-25-33)36-21-7-9-23-38(36)40/h1-23,26-27,29,33,39H/b14-4-,18-5-. The lowest BCUT2D eigenvalue weighted by molar-refractivity contribution is 0.968. The molecule has 5 aromatic carbocycles. The van der Waals surface area contributed by atoms with E-state index in [0.29, 0.717) is 0 Å². The SMILES string of the molecule is C1#CC2/C=C\C=C/C1c1ccccc1N2c1cccc(-c2cccc(Nc3ccccc3-c3ccccc3)c2)c1. The van der Waals surface area contributed by atoms with Crippen LogP contribution in [0.2, 0.25) is 0 Å². The van der Waals surface area contributed by atoms with Crippen LogP contribution in [0.5, 0.6) is 0 Å². The Balaban J connectivity index is 1.24. The van der Waals surface area contributed by atoms with Crippen LogP contribution in [0.15, 0.2) is 152 Å². The molecule has 1 aliphatic carbocycles. The molecule has 0 spiro atoms. The van der Waals surface area contributed by atoms with Crippen molar-refractivity contribution in [1.82, 2.24) is 0 Å². The zero-order chi connectivity index (χ0) is 26.7. The van der Waals surface area contributed by atoms with Gasteiger partial charge in [-0.25, -0.2) is 0 Å². The molecule has 40 heavy (non-hydrogen) atoms. The van der Waals surface area contributed by atoms with E-state index in [2.05, 4.69) is 174 Å². The van der Waals surface area contributed by atoms with E-state index in [-0.39, 0.29) is 12.0 Å². The van der Waals surface area contributed by atoms with Gasteiger partial charge in [0.2, 0.25) is 0 Å². The summed E-state index contributed by atoms with van der Waals surface area (Å²) in [6, 6.07) is 45.0. The summed E-state index contributed by atoms with van der Waals surface area (Å²) >= 11 is 0. The molecule has 1 heterocycles. The highest BCUT2D eigenvalue weighted by Crippen LogP contribution is 2.39. The molecule has 2 unspecified atom stereocenters. The summed E-state index contributed by atoms with van der Waals surface area (Å²) in [7, 11) is 0. The Kier molecular flexibility index (Phi) is 6.24. The van der Waals surface area contributed by atoms with E-state index in [9.17, 15) is 0 Å². The van der Waals surface area contributed by atoms with Gasteiger partial charge in [0.1, 0.15) is 6.04 Å². The molecule has 0 aromatic heterocycles. The maximum absolute atomic E-state index is 3.67. The minimum absolute atomic E-state index is 0.0335. The fourth-order valence-corrected chi connectivity index (χ4v) is 5.60. The van der Waals surface area contributed by atoms with Gasteiger partial charge in [0.05, 0.1) is 5.92 Å². The largest absolute Gasteiger partial charge is 0.355 e. The lowest BCUT2D eigenvalue weighted by Gasteiger charge is -2.30. The van der Waals surface area contributed by atoms with Gasteiger partial charge in [-0.2, -0.15) is 0 Å². The highest BCUT2D eigenvalue weighted by atomic mass is 15.2. The van der Waals surface area contributed by atoms with Crippen LogP contribution in [0, 0.1) is 11.8 Å². The van der Waals surface area contributed by atoms with Crippen molar-refractivity contribution >= 4 is 22.7 Å². The van der Waals surface area contributed by atoms with Gasteiger partial charge in [0.25, 0.3) is 0 Å². The second-order valence-electron chi connectivity index (χ2n) is 10.1. The van der Waals surface area contributed by atoms with Gasteiger partial charge >= 0.3 is 0 Å². The lowest BCUT2D eigenvalue weighted by atomic mass is 9.97. The van der Waals surface area contributed by atoms with E-state index in [0.717, 1.165) is 22.6 Å². The van der Waals surface area contributed by atoms with Crippen LogP contribution in [-0.2, 0) is 0 Å². The topological polar surface area (TPSA) is 15.3 Å². The van der Waals surface area contributed by atoms with E-state index in [1.54, 1.807) is 0 Å². The number of para-hydroxylation sites is 2. The van der Waals surface area contributed by atoms with Crippen molar-refractivity contribution in [2.45, 2.75) is 12.0 Å². The molecule has 2 heteroatoms. The Morgan fingerprint density at radius 2 is 1.30 bits per heavy atom. The zero-order valence-electron chi connectivity index (χ0n) is 22.0. The average molecular weight is 513 g/mol. The number of allylic oxidation sites excluding steroid dienone is 3. The van der Waals surface area contributed by atoms with Gasteiger partial charge in [-0.3, -0.25) is 0 Å². The summed E-state index contributed by atoms with van der Waals surface area (Å²) in [5.74, 6) is 7.11. The van der Waals surface area contributed by atoms with Crippen LogP contribution in [0.25, 0.3) is 22.3 Å². The summed E-state index contributed by atoms with van der Waals surface area (Å²) in [5.41, 5.74) is 10.4. The van der Waals surface area contributed by atoms with E-state index < -0.39 is 0 Å². The van der Waals surface area contributed by atoms with Gasteiger partial charge in [-0.1, -0.05) is 121 Å². The highest BCUT2D eigenvalue weighted by molar-refractivity contribution is 5.83. The van der Waals surface area contributed by atoms with Crippen LogP contribution in [0.3, 0.4) is 0 Å². The Morgan fingerprint density at radius 3 is 2.23 bits per heavy atom. The van der Waals surface area contributed by atoms with Crippen LogP contribution in [0.1, 0.15) is 11.5 Å². The fourth-order valence-electron chi connectivity index (χ4n) is 5.60. The molecule has 2 aliphatic rings. The molecule has 1 N–H and O–H groups in total. The number of nitrogens with zero attached hydrogens (tertiary/aromatic N) is 1. The molecule has 0 saturated carbocycles. The number of hydrogen-bond acceptors (Lipinski definition) is 2. The van der Waals surface area contributed by atoms with Crippen molar-refractivity contribution in [3.8, 4) is 34.1 Å². The molecule has 1 aliphatic heterocycles. The normalized spacial score (nSPS) is 18.4. The van der Waals surface area contributed by atoms with Gasteiger partial charge in [-0.05, 0) is 64.7 Å². The third-order valence-electron chi connectivity index (χ3n) is 7.52. The molecule has 0 fully saturated rings. The number of hydrogen-bond donors (Lipinski definition) is 1. The van der Waals surface area contributed by atoms with Crippen molar-refractivity contribution in [3.63, 3.8) is 0 Å². The monoisotopic (exact) mass is 512 g/mol. The van der Waals surface area contributed by atoms with E-state index in [1.165, 1.54) is 27.9 Å². The molecule has 7 rings (SSSR count). The Bertz CT molecular complexity index is 1800. The van der Waals surface area contributed by atoms with E-state index >= 15 is 0 Å². The average Bonchev–Trinajstić information content (AvgIpc) is 3.10. The van der Waals surface area contributed by atoms with Crippen molar-refractivity contribution in [1.29, 1.82) is 0 Å². The molecule has 0 saturated heterocycles. The first-order valence-electron chi connectivity index (χ1n) is 13.7. The van der Waals surface area contributed by atoms with Crippen LogP contribution in [-0.4, -0.2) is 6.04 Å². The second-order valence-corrected chi connectivity index (χ2v) is 10.1. The smallest absolute Gasteiger partial charge is 0.114 e. The molecule has 2 atom stereocenters. The fraction of sp³-hybridized carbons (Fsp3) is 0.0526. The molecular weight excluding hydrogens is 484 g/mol. The molecular formula is C38H28N2. The molecule has 190 valence electrons. The number of anilines is 4. The summed E-state index contributed by atoms with van der Waals surface area (Å²) in [6.07, 6.45) is 8.61. The van der Waals surface area contributed by atoms with E-state index in [4.69, 9.17) is 0 Å². The minimum atomic E-state index is -0.0335. The van der Waals surface area contributed by atoms with Gasteiger partial charge in [0, 0.05) is 28.3 Å². The third-order valence-corrected chi connectivity index (χ3v) is 7.52. The predicted molar refractivity (Wildman–Crippen MR) is 168 cm³/mol.